The molecule has 1 aliphatic heterocycles. The van der Waals surface area contributed by atoms with E-state index in [1.807, 2.05) is 0 Å². The van der Waals surface area contributed by atoms with Crippen LogP contribution < -0.4 is 4.74 Å². The molecule has 1 aliphatic rings. The molecule has 0 aromatic heterocycles. The third-order valence-corrected chi connectivity index (χ3v) is 3.46. The number of amides is 2. The molecule has 23 heavy (non-hydrogen) atoms. The zero-order chi connectivity index (χ0) is 17.0. The number of halogens is 2. The van der Waals surface area contributed by atoms with Gasteiger partial charge in [0.2, 0.25) is 0 Å². The highest BCUT2D eigenvalue weighted by Crippen LogP contribution is 2.28. The van der Waals surface area contributed by atoms with Crippen molar-refractivity contribution in [3.8, 4) is 5.75 Å². The average molecular weight is 362 g/mol. The largest absolute Gasteiger partial charge is 0.477 e. The molecule has 2 amide bonds. The normalized spacial score (nSPS) is 15.1. The van der Waals surface area contributed by atoms with Crippen LogP contribution in [0.25, 0.3) is 0 Å². The molecule has 0 unspecified atom stereocenters. The molecule has 1 saturated heterocycles. The van der Waals surface area contributed by atoms with Gasteiger partial charge < -0.3 is 14.2 Å². The number of esters is 1. The minimum Gasteiger partial charge on any atom is -0.477 e. The zero-order valence-electron chi connectivity index (χ0n) is 12.1. The maximum Gasteiger partial charge on any atom is 0.416 e. The zero-order valence-corrected chi connectivity index (χ0v) is 13.6. The molecule has 1 fully saturated rings. The fourth-order valence-electron chi connectivity index (χ4n) is 1.76. The highest BCUT2D eigenvalue weighted by Gasteiger charge is 2.29. The second-order valence-corrected chi connectivity index (χ2v) is 5.45. The summed E-state index contributed by atoms with van der Waals surface area (Å²) in [6.07, 6.45) is -1.74. The monoisotopic (exact) mass is 361 g/mol. The first-order chi connectivity index (χ1) is 10.9. The van der Waals surface area contributed by atoms with E-state index in [4.69, 9.17) is 32.7 Å². The molecule has 1 heterocycles. The number of imide groups is 1. The van der Waals surface area contributed by atoms with E-state index in [9.17, 15) is 14.4 Å². The van der Waals surface area contributed by atoms with Crippen LogP contribution in [0.4, 0.5) is 4.79 Å². The van der Waals surface area contributed by atoms with Crippen molar-refractivity contribution in [2.75, 3.05) is 19.8 Å². The molecule has 124 valence electrons. The summed E-state index contributed by atoms with van der Waals surface area (Å²) in [6.45, 7) is 1.15. The first-order valence-corrected chi connectivity index (χ1v) is 7.39. The number of carbonyl (C=O) groups excluding carboxylic acids is 3. The summed E-state index contributed by atoms with van der Waals surface area (Å²) in [5.74, 6) is -1.16. The molecule has 1 aromatic rings. The number of benzene rings is 1. The van der Waals surface area contributed by atoms with Gasteiger partial charge in [-0.2, -0.15) is 0 Å². The lowest BCUT2D eigenvalue weighted by molar-refractivity contribution is -0.156. The molecule has 1 atom stereocenters. The number of nitrogens with zero attached hydrogens (tertiary/aromatic N) is 1. The smallest absolute Gasteiger partial charge is 0.416 e. The van der Waals surface area contributed by atoms with Crippen molar-refractivity contribution in [2.24, 2.45) is 0 Å². The van der Waals surface area contributed by atoms with Gasteiger partial charge in [0.05, 0.1) is 11.6 Å². The predicted molar refractivity (Wildman–Crippen MR) is 80.6 cm³/mol. The van der Waals surface area contributed by atoms with Crippen LogP contribution in [-0.2, 0) is 19.1 Å². The second-order valence-electron chi connectivity index (χ2n) is 4.60. The highest BCUT2D eigenvalue weighted by molar-refractivity contribution is 6.35. The third kappa shape index (κ3) is 4.49. The summed E-state index contributed by atoms with van der Waals surface area (Å²) in [7, 11) is 0. The Balaban J connectivity index is 1.85. The molecule has 0 saturated carbocycles. The van der Waals surface area contributed by atoms with Gasteiger partial charge in [0, 0.05) is 5.02 Å². The quantitative estimate of drug-likeness (QED) is 0.748. The van der Waals surface area contributed by atoms with Crippen LogP contribution in [-0.4, -0.2) is 48.7 Å². The standard InChI is InChI=1S/C14H13Cl2NO6/c1-8(23-11-3-2-9(15)6-10(11)16)13(19)22-7-12(18)17-4-5-21-14(17)20/h2-3,6,8H,4-5,7H2,1H3/t8-/m1/s1. The Morgan fingerprint density at radius 1 is 1.39 bits per heavy atom. The van der Waals surface area contributed by atoms with Gasteiger partial charge in [0.1, 0.15) is 12.4 Å². The molecule has 7 nitrogen and oxygen atoms in total. The van der Waals surface area contributed by atoms with Crippen molar-refractivity contribution in [1.29, 1.82) is 0 Å². The van der Waals surface area contributed by atoms with Crippen molar-refractivity contribution in [3.05, 3.63) is 28.2 Å². The summed E-state index contributed by atoms with van der Waals surface area (Å²) < 4.78 is 14.8. The van der Waals surface area contributed by atoms with E-state index in [0.717, 1.165) is 4.90 Å². The lowest BCUT2D eigenvalue weighted by atomic mass is 10.3. The second kappa shape index (κ2) is 7.52. The van der Waals surface area contributed by atoms with Gasteiger partial charge in [-0.15, -0.1) is 0 Å². The van der Waals surface area contributed by atoms with Gasteiger partial charge in [-0.25, -0.2) is 14.5 Å². The van der Waals surface area contributed by atoms with Gasteiger partial charge in [-0.05, 0) is 25.1 Å². The molecule has 0 bridgehead atoms. The molecular formula is C14H13Cl2NO6. The molecular weight excluding hydrogens is 349 g/mol. The Morgan fingerprint density at radius 3 is 2.74 bits per heavy atom. The Labute approximate surface area is 142 Å². The molecule has 2 rings (SSSR count). The maximum atomic E-state index is 11.8. The van der Waals surface area contributed by atoms with E-state index < -0.39 is 30.7 Å². The summed E-state index contributed by atoms with van der Waals surface area (Å²) in [5.41, 5.74) is 0. The molecule has 0 spiro atoms. The van der Waals surface area contributed by atoms with Crippen molar-refractivity contribution < 1.29 is 28.6 Å². The fourth-order valence-corrected chi connectivity index (χ4v) is 2.21. The van der Waals surface area contributed by atoms with E-state index in [0.29, 0.717) is 5.02 Å². The van der Waals surface area contributed by atoms with Crippen LogP contribution >= 0.6 is 23.2 Å². The van der Waals surface area contributed by atoms with Crippen LogP contribution in [0.2, 0.25) is 10.0 Å². The Morgan fingerprint density at radius 2 is 2.13 bits per heavy atom. The number of cyclic esters (lactones) is 1. The molecule has 9 heteroatoms. The first-order valence-electron chi connectivity index (χ1n) is 6.64. The van der Waals surface area contributed by atoms with Gasteiger partial charge in [-0.1, -0.05) is 23.2 Å². The van der Waals surface area contributed by atoms with Crippen LogP contribution in [0.3, 0.4) is 0 Å². The van der Waals surface area contributed by atoms with Crippen LogP contribution in [0, 0.1) is 0 Å². The minimum atomic E-state index is -0.994. The number of hydrogen-bond acceptors (Lipinski definition) is 6. The molecule has 0 N–H and O–H groups in total. The van der Waals surface area contributed by atoms with E-state index in [2.05, 4.69) is 4.74 Å². The molecule has 1 aromatic carbocycles. The Kier molecular flexibility index (Phi) is 5.68. The summed E-state index contributed by atoms with van der Waals surface area (Å²) >= 11 is 11.7. The third-order valence-electron chi connectivity index (χ3n) is 2.93. The maximum absolute atomic E-state index is 11.8. The van der Waals surface area contributed by atoms with Crippen molar-refractivity contribution in [2.45, 2.75) is 13.0 Å². The minimum absolute atomic E-state index is 0.132. The van der Waals surface area contributed by atoms with Crippen molar-refractivity contribution >= 4 is 41.2 Å². The van der Waals surface area contributed by atoms with Crippen LogP contribution in [0.5, 0.6) is 5.75 Å². The van der Waals surface area contributed by atoms with Crippen LogP contribution in [0.15, 0.2) is 18.2 Å². The van der Waals surface area contributed by atoms with Gasteiger partial charge in [-0.3, -0.25) is 4.79 Å². The lowest BCUT2D eigenvalue weighted by Crippen LogP contribution is -2.37. The fraction of sp³-hybridized carbons (Fsp3) is 0.357. The van der Waals surface area contributed by atoms with Gasteiger partial charge >= 0.3 is 12.1 Å². The van der Waals surface area contributed by atoms with E-state index in [1.165, 1.54) is 19.1 Å². The Hall–Kier alpha value is -1.99. The first kappa shape index (κ1) is 17.4. The summed E-state index contributed by atoms with van der Waals surface area (Å²) in [5, 5.41) is 0.675. The van der Waals surface area contributed by atoms with E-state index in [1.54, 1.807) is 6.07 Å². The summed E-state index contributed by atoms with van der Waals surface area (Å²) in [4.78, 5) is 35.6. The van der Waals surface area contributed by atoms with Crippen molar-refractivity contribution in [3.63, 3.8) is 0 Å². The van der Waals surface area contributed by atoms with Gasteiger partial charge in [0.25, 0.3) is 5.91 Å². The van der Waals surface area contributed by atoms with E-state index >= 15 is 0 Å². The molecule has 0 aliphatic carbocycles. The number of carbonyl (C=O) groups is 3. The SMILES string of the molecule is C[C@@H](Oc1ccc(Cl)cc1Cl)C(=O)OCC(=O)N1CCOC1=O. The number of rotatable bonds is 5. The van der Waals surface area contributed by atoms with Crippen molar-refractivity contribution in [1.82, 2.24) is 4.90 Å². The highest BCUT2D eigenvalue weighted by atomic mass is 35.5. The van der Waals surface area contributed by atoms with Gasteiger partial charge in [0.15, 0.2) is 12.7 Å². The average Bonchev–Trinajstić information content (AvgIpc) is 2.93. The topological polar surface area (TPSA) is 82.1 Å². The number of ether oxygens (including phenoxy) is 3. The lowest BCUT2D eigenvalue weighted by Gasteiger charge is -2.16. The van der Waals surface area contributed by atoms with E-state index in [-0.39, 0.29) is 23.9 Å². The number of hydrogen-bond donors (Lipinski definition) is 0. The predicted octanol–water partition coefficient (Wildman–Crippen LogP) is 2.28. The Bertz CT molecular complexity index is 636. The molecule has 0 radical (unpaired) electrons. The van der Waals surface area contributed by atoms with Crippen LogP contribution in [0.1, 0.15) is 6.92 Å². The summed E-state index contributed by atoms with van der Waals surface area (Å²) in [6, 6.07) is 4.54.